The van der Waals surface area contributed by atoms with Crippen LogP contribution in [-0.4, -0.2) is 63.3 Å². The van der Waals surface area contributed by atoms with Gasteiger partial charge in [-0.25, -0.2) is 0 Å². The lowest BCUT2D eigenvalue weighted by Crippen LogP contribution is -2.44. The van der Waals surface area contributed by atoms with Gasteiger partial charge >= 0.3 is 0 Å². The van der Waals surface area contributed by atoms with Gasteiger partial charge in [-0.15, -0.1) is 11.3 Å². The number of hydrogen-bond acceptors (Lipinski definition) is 6. The topological polar surface area (TPSA) is 88.2 Å². The van der Waals surface area contributed by atoms with Crippen molar-refractivity contribution in [2.45, 2.75) is 12.1 Å². The number of halogens is 1. The highest BCUT2D eigenvalue weighted by Crippen LogP contribution is 2.27. The van der Waals surface area contributed by atoms with Gasteiger partial charge < -0.3 is 24.6 Å². The van der Waals surface area contributed by atoms with Crippen molar-refractivity contribution in [2.24, 2.45) is 0 Å². The van der Waals surface area contributed by atoms with Crippen LogP contribution in [0.25, 0.3) is 0 Å². The fourth-order valence-electron chi connectivity index (χ4n) is 3.61. The van der Waals surface area contributed by atoms with E-state index in [9.17, 15) is 14.4 Å². The molecule has 3 amide bonds. The van der Waals surface area contributed by atoms with E-state index in [0.717, 1.165) is 9.47 Å². The van der Waals surface area contributed by atoms with Gasteiger partial charge in [0.15, 0.2) is 6.10 Å². The largest absolute Gasteiger partial charge is 0.370 e. The highest BCUT2D eigenvalue weighted by atomic mass is 79.9. The number of thiophene rings is 1. The van der Waals surface area contributed by atoms with Gasteiger partial charge in [-0.3, -0.25) is 14.4 Å². The minimum Gasteiger partial charge on any atom is -0.370 e. The van der Waals surface area contributed by atoms with Crippen LogP contribution >= 0.6 is 27.3 Å². The molecule has 2 fully saturated rings. The molecular formula is C20H20BrN3O5S. The van der Waals surface area contributed by atoms with Gasteiger partial charge in [0.2, 0.25) is 0 Å². The molecule has 1 N–H and O–H groups in total. The van der Waals surface area contributed by atoms with Crippen LogP contribution in [0.4, 0.5) is 11.4 Å². The number of amides is 3. The molecule has 3 heterocycles. The highest BCUT2D eigenvalue weighted by Gasteiger charge is 2.42. The fourth-order valence-corrected chi connectivity index (χ4v) is 4.90. The first-order valence-corrected chi connectivity index (χ1v) is 11.0. The molecule has 1 aromatic heterocycles. The van der Waals surface area contributed by atoms with Gasteiger partial charge in [0.25, 0.3) is 17.7 Å². The third kappa shape index (κ3) is 4.13. The second kappa shape index (κ2) is 8.84. The third-order valence-corrected chi connectivity index (χ3v) is 6.70. The Balaban J connectivity index is 1.48. The first kappa shape index (κ1) is 21.0. The number of nitrogens with one attached hydrogen (secondary N) is 1. The van der Waals surface area contributed by atoms with Crippen molar-refractivity contribution in [3.63, 3.8) is 0 Å². The van der Waals surface area contributed by atoms with E-state index in [-0.39, 0.29) is 24.3 Å². The predicted octanol–water partition coefficient (Wildman–Crippen LogP) is 2.03. The van der Waals surface area contributed by atoms with Crippen LogP contribution in [0.2, 0.25) is 0 Å². The number of carbonyl (C=O) groups is 3. The molecule has 2 unspecified atom stereocenters. The Labute approximate surface area is 185 Å². The maximum atomic E-state index is 12.9. The number of carbonyl (C=O) groups excluding carboxylic acids is 3. The number of methoxy groups -OCH3 is 1. The number of morpholine rings is 1. The van der Waals surface area contributed by atoms with Crippen LogP contribution in [0, 0.1) is 0 Å². The summed E-state index contributed by atoms with van der Waals surface area (Å²) in [6, 6.07) is 10.3. The minimum atomic E-state index is -0.766. The van der Waals surface area contributed by atoms with Crippen LogP contribution in [0.1, 0.15) is 9.67 Å². The Hall–Kier alpha value is -2.27. The van der Waals surface area contributed by atoms with Gasteiger partial charge in [-0.1, -0.05) is 0 Å². The summed E-state index contributed by atoms with van der Waals surface area (Å²) >= 11 is 4.67. The fraction of sp³-hybridized carbons (Fsp3) is 0.350. The quantitative estimate of drug-likeness (QED) is 0.688. The van der Waals surface area contributed by atoms with Crippen LogP contribution in [0.3, 0.4) is 0 Å². The van der Waals surface area contributed by atoms with E-state index in [1.165, 1.54) is 18.4 Å². The molecule has 30 heavy (non-hydrogen) atoms. The van der Waals surface area contributed by atoms with Crippen LogP contribution in [-0.2, 0) is 19.1 Å². The first-order chi connectivity index (χ1) is 14.5. The van der Waals surface area contributed by atoms with Gasteiger partial charge in [-0.2, -0.15) is 0 Å². The zero-order valence-electron chi connectivity index (χ0n) is 16.2. The molecule has 2 atom stereocenters. The summed E-state index contributed by atoms with van der Waals surface area (Å²) in [5.41, 5.74) is 1.44. The molecule has 2 aliphatic heterocycles. The Morgan fingerprint density at radius 3 is 2.47 bits per heavy atom. The van der Waals surface area contributed by atoms with Crippen molar-refractivity contribution < 1.29 is 23.9 Å². The number of ether oxygens (including phenoxy) is 2. The van der Waals surface area contributed by atoms with Crippen molar-refractivity contribution in [1.82, 2.24) is 5.32 Å². The molecule has 1 aromatic carbocycles. The van der Waals surface area contributed by atoms with Crippen molar-refractivity contribution in [3.05, 3.63) is 45.1 Å². The summed E-state index contributed by atoms with van der Waals surface area (Å²) in [6.45, 7) is 1.37. The van der Waals surface area contributed by atoms with Crippen molar-refractivity contribution in [1.29, 1.82) is 0 Å². The lowest BCUT2D eigenvalue weighted by atomic mass is 10.2. The number of hydrogen-bond donors (Lipinski definition) is 1. The molecule has 0 saturated carbocycles. The molecule has 8 nitrogen and oxygen atoms in total. The highest BCUT2D eigenvalue weighted by molar-refractivity contribution is 9.11. The summed E-state index contributed by atoms with van der Waals surface area (Å²) in [6.07, 6.45) is -0.766. The minimum absolute atomic E-state index is 0.0735. The second-order valence-corrected chi connectivity index (χ2v) is 9.37. The molecule has 2 aromatic rings. The zero-order chi connectivity index (χ0) is 21.3. The average molecular weight is 494 g/mol. The normalized spacial score (nSPS) is 21.9. The Morgan fingerprint density at radius 1 is 1.17 bits per heavy atom. The van der Waals surface area contributed by atoms with E-state index in [0.29, 0.717) is 30.3 Å². The molecule has 158 valence electrons. The molecule has 0 aliphatic carbocycles. The van der Waals surface area contributed by atoms with E-state index < -0.39 is 12.1 Å². The van der Waals surface area contributed by atoms with Crippen molar-refractivity contribution >= 4 is 56.4 Å². The molecule has 0 radical (unpaired) electrons. The molecule has 10 heteroatoms. The van der Waals surface area contributed by atoms with Gasteiger partial charge in [0.1, 0.15) is 6.61 Å². The SMILES string of the molecule is COC1C(=O)N(c2ccc(N3CCOCC3=O)cc2)CC1NC(=O)c1ccc(Br)s1. The van der Waals surface area contributed by atoms with E-state index in [4.69, 9.17) is 9.47 Å². The Morgan fingerprint density at radius 2 is 1.87 bits per heavy atom. The smallest absolute Gasteiger partial charge is 0.261 e. The number of nitrogens with zero attached hydrogens (tertiary/aromatic N) is 2. The summed E-state index contributed by atoms with van der Waals surface area (Å²) in [4.78, 5) is 41.2. The van der Waals surface area contributed by atoms with Crippen LogP contribution in [0.5, 0.6) is 0 Å². The maximum Gasteiger partial charge on any atom is 0.261 e. The summed E-state index contributed by atoms with van der Waals surface area (Å²) in [5.74, 6) is -0.548. The maximum absolute atomic E-state index is 12.9. The molecule has 4 rings (SSSR count). The van der Waals surface area contributed by atoms with Crippen molar-refractivity contribution in [2.75, 3.05) is 43.2 Å². The average Bonchev–Trinajstić information content (AvgIpc) is 3.31. The molecule has 2 aliphatic rings. The number of rotatable bonds is 5. The van der Waals surface area contributed by atoms with E-state index in [1.54, 1.807) is 34.1 Å². The van der Waals surface area contributed by atoms with Crippen LogP contribution in [0.15, 0.2) is 40.2 Å². The standard InChI is InChI=1S/C20H20BrN3O5S/c1-28-18-14(22-19(26)15-6-7-16(21)30-15)10-24(20(18)27)13-4-2-12(3-5-13)23-8-9-29-11-17(23)25/h2-7,14,18H,8-11H2,1H3,(H,22,26). The number of benzene rings is 1. The van der Waals surface area contributed by atoms with Gasteiger partial charge in [-0.05, 0) is 52.3 Å². The Kier molecular flexibility index (Phi) is 6.19. The molecule has 0 bridgehead atoms. The van der Waals surface area contributed by atoms with Gasteiger partial charge in [0, 0.05) is 31.6 Å². The summed E-state index contributed by atoms with van der Waals surface area (Å²) in [5, 5.41) is 2.90. The van der Waals surface area contributed by atoms with E-state index in [1.807, 2.05) is 12.1 Å². The van der Waals surface area contributed by atoms with E-state index in [2.05, 4.69) is 21.2 Å². The third-order valence-electron chi connectivity index (χ3n) is 5.08. The monoisotopic (exact) mass is 493 g/mol. The molecule has 0 spiro atoms. The molecule has 2 saturated heterocycles. The first-order valence-electron chi connectivity index (χ1n) is 9.36. The summed E-state index contributed by atoms with van der Waals surface area (Å²) in [7, 11) is 1.46. The lowest BCUT2D eigenvalue weighted by Gasteiger charge is -2.27. The predicted molar refractivity (Wildman–Crippen MR) is 116 cm³/mol. The van der Waals surface area contributed by atoms with Gasteiger partial charge in [0.05, 0.1) is 21.3 Å². The van der Waals surface area contributed by atoms with Crippen molar-refractivity contribution in [3.8, 4) is 0 Å². The zero-order valence-corrected chi connectivity index (χ0v) is 18.6. The van der Waals surface area contributed by atoms with Crippen LogP contribution < -0.4 is 15.1 Å². The summed E-state index contributed by atoms with van der Waals surface area (Å²) < 4.78 is 11.4. The lowest BCUT2D eigenvalue weighted by molar-refractivity contribution is -0.126. The van der Waals surface area contributed by atoms with E-state index >= 15 is 0 Å². The number of anilines is 2. The Bertz CT molecular complexity index is 964. The molecular weight excluding hydrogens is 474 g/mol. The second-order valence-electron chi connectivity index (χ2n) is 6.90.